The Morgan fingerprint density at radius 3 is 2.59 bits per heavy atom. The molecule has 164 valence electrons. The normalized spacial score (nSPS) is 48.3. The zero-order valence-corrected chi connectivity index (χ0v) is 18.7. The number of rotatable bonds is 3. The molecule has 5 aliphatic rings. The summed E-state index contributed by atoms with van der Waals surface area (Å²) in [6, 6.07) is 0. The van der Waals surface area contributed by atoms with Crippen LogP contribution in [0.15, 0.2) is 0 Å². The van der Waals surface area contributed by atoms with E-state index in [1.807, 2.05) is 0 Å². The second-order valence-corrected chi connectivity index (χ2v) is 11.8. The molecule has 1 saturated heterocycles. The lowest BCUT2D eigenvalue weighted by Crippen LogP contribution is -2.46. The highest BCUT2D eigenvalue weighted by Crippen LogP contribution is 2.63. The number of ketones is 1. The molecule has 4 aliphatic carbocycles. The summed E-state index contributed by atoms with van der Waals surface area (Å²) >= 11 is 0. The first-order chi connectivity index (χ1) is 14.0. The van der Waals surface area contributed by atoms with E-state index in [0.717, 1.165) is 68.5 Å². The van der Waals surface area contributed by atoms with Crippen LogP contribution in [0.4, 0.5) is 0 Å². The third kappa shape index (κ3) is 3.84. The SMILES string of the molecule is C[C@]12CCC3C(CC[C@H]4C[C@@H](O)CC[C@@H]3C4)C1CC[C@@H]2C(=O)CN1CCCCC1. The Bertz CT molecular complexity index is 600. The third-order valence-electron chi connectivity index (χ3n) is 10.3. The van der Waals surface area contributed by atoms with Gasteiger partial charge in [0.15, 0.2) is 0 Å². The van der Waals surface area contributed by atoms with Crippen LogP contribution in [0.3, 0.4) is 0 Å². The minimum absolute atomic E-state index is 0.0429. The third-order valence-corrected chi connectivity index (χ3v) is 10.3. The molecule has 0 amide bonds. The van der Waals surface area contributed by atoms with Gasteiger partial charge in [0.2, 0.25) is 0 Å². The minimum Gasteiger partial charge on any atom is -0.393 e. The highest BCUT2D eigenvalue weighted by atomic mass is 16.3. The summed E-state index contributed by atoms with van der Waals surface area (Å²) in [4.78, 5) is 15.8. The number of aliphatic hydroxyl groups excluding tert-OH is 1. The van der Waals surface area contributed by atoms with Gasteiger partial charge in [0.25, 0.3) is 0 Å². The molecule has 0 aromatic carbocycles. The van der Waals surface area contributed by atoms with Crippen molar-refractivity contribution < 1.29 is 9.90 Å². The Hall–Kier alpha value is -0.410. The highest BCUT2D eigenvalue weighted by molar-refractivity contribution is 5.84. The number of piperidine rings is 1. The summed E-state index contributed by atoms with van der Waals surface area (Å²) in [5.74, 6) is 5.00. The van der Waals surface area contributed by atoms with E-state index in [-0.39, 0.29) is 11.5 Å². The molecule has 1 heterocycles. The molecule has 5 rings (SSSR count). The molecular weight excluding hydrogens is 358 g/mol. The molecule has 8 atom stereocenters. The van der Waals surface area contributed by atoms with Crippen molar-refractivity contribution >= 4 is 5.78 Å². The quantitative estimate of drug-likeness (QED) is 0.718. The molecule has 0 aromatic heterocycles. The lowest BCUT2D eigenvalue weighted by atomic mass is 9.55. The van der Waals surface area contributed by atoms with Crippen molar-refractivity contribution in [2.45, 2.75) is 96.5 Å². The van der Waals surface area contributed by atoms with Gasteiger partial charge in [-0.1, -0.05) is 19.8 Å². The smallest absolute Gasteiger partial charge is 0.150 e. The Kier molecular flexibility index (Phi) is 5.84. The predicted molar refractivity (Wildman–Crippen MR) is 117 cm³/mol. The number of aliphatic hydroxyl groups is 1. The number of Topliss-reactive ketones (excluding diaryl/α,β-unsaturated/α-hetero) is 1. The molecule has 0 radical (unpaired) electrons. The number of carbonyl (C=O) groups is 1. The van der Waals surface area contributed by atoms with Gasteiger partial charge in [-0.2, -0.15) is 0 Å². The van der Waals surface area contributed by atoms with E-state index in [1.54, 1.807) is 0 Å². The zero-order chi connectivity index (χ0) is 20.0. The molecule has 3 heteroatoms. The maximum Gasteiger partial charge on any atom is 0.150 e. The highest BCUT2D eigenvalue weighted by Gasteiger charge is 2.57. The van der Waals surface area contributed by atoms with Gasteiger partial charge in [-0.25, -0.2) is 0 Å². The van der Waals surface area contributed by atoms with Crippen LogP contribution in [0.25, 0.3) is 0 Å². The first kappa shape index (κ1) is 20.5. The molecule has 0 spiro atoms. The molecule has 3 unspecified atom stereocenters. The fourth-order valence-corrected chi connectivity index (χ4v) is 8.90. The number of likely N-dealkylation sites (tertiary alicyclic amines) is 1. The van der Waals surface area contributed by atoms with Crippen LogP contribution < -0.4 is 0 Å². The zero-order valence-electron chi connectivity index (χ0n) is 18.7. The van der Waals surface area contributed by atoms with Gasteiger partial charge >= 0.3 is 0 Å². The van der Waals surface area contributed by atoms with Crippen molar-refractivity contribution in [2.24, 2.45) is 40.9 Å². The first-order valence-electron chi connectivity index (χ1n) is 13.0. The largest absolute Gasteiger partial charge is 0.393 e. The maximum atomic E-state index is 13.4. The number of hydrogen-bond donors (Lipinski definition) is 1. The second kappa shape index (κ2) is 8.26. The number of nitrogens with zero attached hydrogens (tertiary/aromatic N) is 1. The predicted octanol–water partition coefficient (Wildman–Crippen LogP) is 5.06. The molecule has 0 aromatic rings. The first-order valence-corrected chi connectivity index (χ1v) is 13.0. The van der Waals surface area contributed by atoms with Gasteiger partial charge in [0.05, 0.1) is 12.6 Å². The average Bonchev–Trinajstić information content (AvgIpc) is 2.83. The molecule has 2 bridgehead atoms. The summed E-state index contributed by atoms with van der Waals surface area (Å²) in [5.41, 5.74) is 0.266. The average molecular weight is 402 g/mol. The van der Waals surface area contributed by atoms with Gasteiger partial charge in [0, 0.05) is 5.92 Å². The minimum atomic E-state index is -0.0429. The summed E-state index contributed by atoms with van der Waals surface area (Å²) in [5, 5.41) is 10.3. The number of carbonyl (C=O) groups excluding carboxylic acids is 1. The maximum absolute atomic E-state index is 13.4. The van der Waals surface area contributed by atoms with Crippen molar-refractivity contribution in [1.82, 2.24) is 4.90 Å². The fraction of sp³-hybridized carbons (Fsp3) is 0.962. The van der Waals surface area contributed by atoms with Crippen LogP contribution in [-0.4, -0.2) is 41.5 Å². The molecule has 1 aliphatic heterocycles. The molecule has 1 N–H and O–H groups in total. The van der Waals surface area contributed by atoms with Crippen LogP contribution in [0.5, 0.6) is 0 Å². The lowest BCUT2D eigenvalue weighted by molar-refractivity contribution is -0.130. The molecule has 4 saturated carbocycles. The van der Waals surface area contributed by atoms with E-state index in [2.05, 4.69) is 11.8 Å². The van der Waals surface area contributed by atoms with Crippen LogP contribution in [0, 0.1) is 40.9 Å². The standard InChI is InChI=1S/C26H43NO2/c1-26-12-11-21-19-6-7-20(28)16-18(15-19)5-8-22(21)23(26)9-10-24(26)25(29)17-27-13-3-2-4-14-27/h18-24,28H,2-17H2,1H3/t18-,19-,20+,21?,22?,23?,24-,26+/m1/s1. The van der Waals surface area contributed by atoms with Gasteiger partial charge < -0.3 is 5.11 Å². The van der Waals surface area contributed by atoms with E-state index in [9.17, 15) is 9.90 Å². The summed E-state index contributed by atoms with van der Waals surface area (Å²) in [7, 11) is 0. The van der Waals surface area contributed by atoms with Crippen LogP contribution >= 0.6 is 0 Å². The molecule has 3 nitrogen and oxygen atoms in total. The van der Waals surface area contributed by atoms with E-state index < -0.39 is 0 Å². The van der Waals surface area contributed by atoms with Gasteiger partial charge in [0.1, 0.15) is 5.78 Å². The fourth-order valence-electron chi connectivity index (χ4n) is 8.90. The van der Waals surface area contributed by atoms with Crippen molar-refractivity contribution in [3.8, 4) is 0 Å². The Morgan fingerprint density at radius 2 is 1.76 bits per heavy atom. The Morgan fingerprint density at radius 1 is 0.931 bits per heavy atom. The molecular formula is C26H43NO2. The van der Waals surface area contributed by atoms with Crippen LogP contribution in [-0.2, 0) is 4.79 Å². The van der Waals surface area contributed by atoms with Crippen LogP contribution in [0.1, 0.15) is 90.4 Å². The van der Waals surface area contributed by atoms with E-state index >= 15 is 0 Å². The molecule has 29 heavy (non-hydrogen) atoms. The van der Waals surface area contributed by atoms with E-state index in [4.69, 9.17) is 0 Å². The Balaban J connectivity index is 1.30. The van der Waals surface area contributed by atoms with Gasteiger partial charge in [-0.05, 0) is 119 Å². The molecule has 5 fully saturated rings. The summed E-state index contributed by atoms with van der Waals surface area (Å²) < 4.78 is 0. The topological polar surface area (TPSA) is 40.5 Å². The van der Waals surface area contributed by atoms with Crippen molar-refractivity contribution in [1.29, 1.82) is 0 Å². The van der Waals surface area contributed by atoms with Crippen LogP contribution in [0.2, 0.25) is 0 Å². The second-order valence-electron chi connectivity index (χ2n) is 11.8. The van der Waals surface area contributed by atoms with Crippen molar-refractivity contribution in [3.63, 3.8) is 0 Å². The monoisotopic (exact) mass is 401 g/mol. The lowest BCUT2D eigenvalue weighted by Gasteiger charge is -2.50. The van der Waals surface area contributed by atoms with E-state index in [0.29, 0.717) is 11.7 Å². The van der Waals surface area contributed by atoms with Gasteiger partial charge in [-0.3, -0.25) is 9.69 Å². The van der Waals surface area contributed by atoms with Crippen molar-refractivity contribution in [2.75, 3.05) is 19.6 Å². The van der Waals surface area contributed by atoms with Gasteiger partial charge in [-0.15, -0.1) is 0 Å². The van der Waals surface area contributed by atoms with E-state index in [1.165, 1.54) is 64.2 Å². The number of hydrogen-bond acceptors (Lipinski definition) is 3. The summed E-state index contributed by atoms with van der Waals surface area (Å²) in [6.07, 6.45) is 16.3. The number of fused-ring (bicyclic) bond motifs is 6. The summed E-state index contributed by atoms with van der Waals surface area (Å²) in [6.45, 7) is 5.51. The van der Waals surface area contributed by atoms with Crippen molar-refractivity contribution in [3.05, 3.63) is 0 Å². The Labute approximate surface area is 178 Å².